The Kier molecular flexibility index (Phi) is 3.31. The SMILES string of the molecule is CC(C)(O)[C@@H]1CCCN1c1ncc(C(F)(F)F)s1. The van der Waals surface area contributed by atoms with Crippen LogP contribution in [-0.2, 0) is 6.18 Å². The van der Waals surface area contributed by atoms with E-state index >= 15 is 0 Å². The highest BCUT2D eigenvalue weighted by Crippen LogP contribution is 2.39. The average Bonchev–Trinajstić information content (AvgIpc) is 2.84. The summed E-state index contributed by atoms with van der Waals surface area (Å²) in [5, 5.41) is 10.4. The van der Waals surface area contributed by atoms with Gasteiger partial charge < -0.3 is 10.0 Å². The molecular weight excluding hydrogens is 265 g/mol. The lowest BCUT2D eigenvalue weighted by molar-refractivity contribution is -0.134. The number of halogens is 3. The zero-order valence-electron chi connectivity index (χ0n) is 10.2. The molecule has 3 nitrogen and oxygen atoms in total. The van der Waals surface area contributed by atoms with Crippen LogP contribution in [0, 0.1) is 0 Å². The van der Waals surface area contributed by atoms with Crippen molar-refractivity contribution in [3.63, 3.8) is 0 Å². The molecule has 102 valence electrons. The Morgan fingerprint density at radius 3 is 2.61 bits per heavy atom. The number of anilines is 1. The third kappa shape index (κ3) is 2.61. The summed E-state index contributed by atoms with van der Waals surface area (Å²) in [6.45, 7) is 3.99. The number of thiazole rings is 1. The maximum absolute atomic E-state index is 12.5. The van der Waals surface area contributed by atoms with Crippen molar-refractivity contribution in [2.45, 2.75) is 44.5 Å². The van der Waals surface area contributed by atoms with Gasteiger partial charge in [0.1, 0.15) is 4.88 Å². The van der Waals surface area contributed by atoms with Gasteiger partial charge in [0.05, 0.1) is 17.8 Å². The molecule has 18 heavy (non-hydrogen) atoms. The van der Waals surface area contributed by atoms with Crippen LogP contribution in [-0.4, -0.2) is 28.3 Å². The normalized spacial score (nSPS) is 21.7. The Labute approximate surface area is 107 Å². The first-order valence-electron chi connectivity index (χ1n) is 5.71. The summed E-state index contributed by atoms with van der Waals surface area (Å²) in [6.07, 6.45) is -1.86. The molecule has 2 heterocycles. The first kappa shape index (κ1) is 13.6. The molecule has 1 aliphatic rings. The topological polar surface area (TPSA) is 36.4 Å². The number of aliphatic hydroxyl groups is 1. The first-order valence-corrected chi connectivity index (χ1v) is 6.53. The van der Waals surface area contributed by atoms with Gasteiger partial charge >= 0.3 is 6.18 Å². The summed E-state index contributed by atoms with van der Waals surface area (Å²) >= 11 is 0.636. The first-order chi connectivity index (χ1) is 8.19. The van der Waals surface area contributed by atoms with Crippen LogP contribution in [0.15, 0.2) is 6.20 Å². The van der Waals surface area contributed by atoms with E-state index in [0.717, 1.165) is 19.0 Å². The zero-order valence-corrected chi connectivity index (χ0v) is 11.0. The number of hydrogen-bond acceptors (Lipinski definition) is 4. The van der Waals surface area contributed by atoms with E-state index in [0.29, 0.717) is 23.0 Å². The molecule has 0 spiro atoms. The Morgan fingerprint density at radius 2 is 2.11 bits per heavy atom. The second-order valence-electron chi connectivity index (χ2n) is 5.01. The van der Waals surface area contributed by atoms with Gasteiger partial charge in [-0.2, -0.15) is 13.2 Å². The lowest BCUT2D eigenvalue weighted by Crippen LogP contribution is -2.45. The number of aromatic nitrogens is 1. The highest BCUT2D eigenvalue weighted by atomic mass is 32.1. The standard InChI is InChI=1S/C11H15F3N2OS/c1-10(2,17)7-4-3-5-16(7)9-15-6-8(18-9)11(12,13)14/h6-7,17H,3-5H2,1-2H3/t7-/m0/s1. The van der Waals surface area contributed by atoms with E-state index in [1.165, 1.54) is 0 Å². The third-order valence-electron chi connectivity index (χ3n) is 3.09. The van der Waals surface area contributed by atoms with Crippen LogP contribution in [0.4, 0.5) is 18.3 Å². The minimum atomic E-state index is -4.35. The summed E-state index contributed by atoms with van der Waals surface area (Å²) in [5.74, 6) is 0. The fraction of sp³-hybridized carbons (Fsp3) is 0.727. The number of rotatable bonds is 2. The number of nitrogens with zero attached hydrogens (tertiary/aromatic N) is 2. The van der Waals surface area contributed by atoms with E-state index < -0.39 is 16.7 Å². The van der Waals surface area contributed by atoms with E-state index in [-0.39, 0.29) is 6.04 Å². The molecule has 1 aromatic rings. The quantitative estimate of drug-likeness (QED) is 0.905. The molecule has 0 bridgehead atoms. The summed E-state index contributed by atoms with van der Waals surface area (Å²) in [6, 6.07) is -0.176. The van der Waals surface area contributed by atoms with Gasteiger partial charge in [-0.1, -0.05) is 11.3 Å². The van der Waals surface area contributed by atoms with Crippen molar-refractivity contribution in [3.05, 3.63) is 11.1 Å². The van der Waals surface area contributed by atoms with E-state index in [9.17, 15) is 18.3 Å². The van der Waals surface area contributed by atoms with E-state index in [4.69, 9.17) is 0 Å². The van der Waals surface area contributed by atoms with Gasteiger partial charge in [0.2, 0.25) is 0 Å². The number of hydrogen-bond donors (Lipinski definition) is 1. The van der Waals surface area contributed by atoms with Crippen LogP contribution in [0.1, 0.15) is 31.6 Å². The summed E-state index contributed by atoms with van der Waals surface area (Å²) in [5.41, 5.74) is -0.944. The smallest absolute Gasteiger partial charge is 0.388 e. The molecule has 1 atom stereocenters. The molecule has 0 radical (unpaired) electrons. The lowest BCUT2D eigenvalue weighted by Gasteiger charge is -2.33. The molecule has 1 aromatic heterocycles. The molecule has 0 amide bonds. The predicted molar refractivity (Wildman–Crippen MR) is 63.8 cm³/mol. The van der Waals surface area contributed by atoms with Crippen LogP contribution in [0.5, 0.6) is 0 Å². The Bertz CT molecular complexity index is 425. The molecule has 0 aliphatic carbocycles. The van der Waals surface area contributed by atoms with Gasteiger partial charge in [-0.15, -0.1) is 0 Å². The van der Waals surface area contributed by atoms with Crippen LogP contribution in [0.3, 0.4) is 0 Å². The average molecular weight is 280 g/mol. The van der Waals surface area contributed by atoms with Crippen molar-refractivity contribution in [1.82, 2.24) is 4.98 Å². The van der Waals surface area contributed by atoms with Crippen LogP contribution < -0.4 is 4.90 Å². The van der Waals surface area contributed by atoms with Gasteiger partial charge in [-0.25, -0.2) is 4.98 Å². The lowest BCUT2D eigenvalue weighted by atomic mass is 9.97. The Morgan fingerprint density at radius 1 is 1.44 bits per heavy atom. The van der Waals surface area contributed by atoms with Gasteiger partial charge in [0.25, 0.3) is 0 Å². The van der Waals surface area contributed by atoms with Crippen molar-refractivity contribution >= 4 is 16.5 Å². The molecular formula is C11H15F3N2OS. The molecule has 0 aromatic carbocycles. The molecule has 1 N–H and O–H groups in total. The second-order valence-corrected chi connectivity index (χ2v) is 6.02. The molecule has 1 saturated heterocycles. The van der Waals surface area contributed by atoms with Gasteiger partial charge in [0, 0.05) is 6.54 Å². The third-order valence-corrected chi connectivity index (χ3v) is 4.17. The van der Waals surface area contributed by atoms with Crippen molar-refractivity contribution in [1.29, 1.82) is 0 Å². The molecule has 1 fully saturated rings. The van der Waals surface area contributed by atoms with Crippen LogP contribution >= 0.6 is 11.3 Å². The van der Waals surface area contributed by atoms with Gasteiger partial charge in [-0.3, -0.25) is 0 Å². The maximum atomic E-state index is 12.5. The van der Waals surface area contributed by atoms with Gasteiger partial charge in [-0.05, 0) is 26.7 Å². The molecule has 0 unspecified atom stereocenters. The second kappa shape index (κ2) is 4.38. The van der Waals surface area contributed by atoms with Crippen molar-refractivity contribution < 1.29 is 18.3 Å². The molecule has 7 heteroatoms. The zero-order chi connectivity index (χ0) is 13.6. The minimum absolute atomic E-state index is 0.176. The highest BCUT2D eigenvalue weighted by molar-refractivity contribution is 7.15. The largest absolute Gasteiger partial charge is 0.427 e. The van der Waals surface area contributed by atoms with E-state index in [1.807, 2.05) is 0 Å². The van der Waals surface area contributed by atoms with E-state index in [1.54, 1.807) is 18.7 Å². The molecule has 1 aliphatic heterocycles. The highest BCUT2D eigenvalue weighted by Gasteiger charge is 2.39. The maximum Gasteiger partial charge on any atom is 0.427 e. The van der Waals surface area contributed by atoms with Crippen LogP contribution in [0.2, 0.25) is 0 Å². The van der Waals surface area contributed by atoms with Gasteiger partial charge in [0.15, 0.2) is 5.13 Å². The van der Waals surface area contributed by atoms with Crippen molar-refractivity contribution in [3.8, 4) is 0 Å². The fourth-order valence-corrected chi connectivity index (χ4v) is 3.12. The minimum Gasteiger partial charge on any atom is -0.388 e. The van der Waals surface area contributed by atoms with Crippen molar-refractivity contribution in [2.24, 2.45) is 0 Å². The molecule has 2 rings (SSSR count). The Hall–Kier alpha value is -0.820. The Balaban J connectivity index is 2.24. The van der Waals surface area contributed by atoms with E-state index in [2.05, 4.69) is 4.98 Å². The fourth-order valence-electron chi connectivity index (χ4n) is 2.26. The summed E-state index contributed by atoms with van der Waals surface area (Å²) in [4.78, 5) is 4.92. The van der Waals surface area contributed by atoms with Crippen LogP contribution in [0.25, 0.3) is 0 Å². The van der Waals surface area contributed by atoms with Crippen molar-refractivity contribution in [2.75, 3.05) is 11.4 Å². The summed E-state index contributed by atoms with van der Waals surface area (Å²) in [7, 11) is 0. The predicted octanol–water partition coefficient (Wildman–Crippen LogP) is 2.90. The molecule has 0 saturated carbocycles. The summed E-state index contributed by atoms with van der Waals surface area (Å²) < 4.78 is 37.6. The number of alkyl halides is 3. The monoisotopic (exact) mass is 280 g/mol.